The van der Waals surface area contributed by atoms with Crippen LogP contribution in [-0.2, 0) is 4.79 Å². The van der Waals surface area contributed by atoms with E-state index in [0.717, 1.165) is 6.20 Å². The van der Waals surface area contributed by atoms with E-state index in [-0.39, 0.29) is 29.5 Å². The van der Waals surface area contributed by atoms with Gasteiger partial charge in [0.05, 0.1) is 17.6 Å². The van der Waals surface area contributed by atoms with Gasteiger partial charge in [-0.05, 0) is 12.1 Å². The summed E-state index contributed by atoms with van der Waals surface area (Å²) in [6.07, 6.45) is -4.14. The van der Waals surface area contributed by atoms with Crippen molar-refractivity contribution >= 4 is 17.5 Å². The van der Waals surface area contributed by atoms with Gasteiger partial charge < -0.3 is 21.1 Å². The number of carbonyl (C=O) groups excluding carboxylic acids is 2. The van der Waals surface area contributed by atoms with Crippen LogP contribution >= 0.6 is 0 Å². The Morgan fingerprint density at radius 3 is 2.69 bits per heavy atom. The zero-order chi connectivity index (χ0) is 23.9. The molecule has 1 atom stereocenters. The van der Waals surface area contributed by atoms with Crippen LogP contribution in [-0.4, -0.2) is 64.2 Å². The first-order valence-electron chi connectivity index (χ1n) is 9.45. The van der Waals surface area contributed by atoms with Crippen LogP contribution in [0.25, 0.3) is 11.3 Å². The molecule has 2 rings (SSSR count). The van der Waals surface area contributed by atoms with Gasteiger partial charge >= 0.3 is 6.18 Å². The zero-order valence-corrected chi connectivity index (χ0v) is 17.4. The molecule has 2 aromatic rings. The molecule has 1 heterocycles. The van der Waals surface area contributed by atoms with Crippen LogP contribution in [0.4, 0.5) is 18.9 Å². The molecule has 1 aromatic heterocycles. The smallest absolute Gasteiger partial charge is 0.380 e. The maximum atomic E-state index is 12.6. The number of hydrogen-bond donors (Lipinski definition) is 3. The lowest BCUT2D eigenvalue weighted by Gasteiger charge is -2.15. The third kappa shape index (κ3) is 7.55. The first-order chi connectivity index (χ1) is 15.0. The van der Waals surface area contributed by atoms with E-state index in [0.29, 0.717) is 17.7 Å². The molecular weight excluding hydrogens is 427 g/mol. The average molecular weight is 449 g/mol. The molecule has 0 aliphatic rings. The van der Waals surface area contributed by atoms with E-state index < -0.39 is 24.7 Å². The summed E-state index contributed by atoms with van der Waals surface area (Å²) in [7, 11) is 1.61. The number of aliphatic hydroxyl groups excluding tert-OH is 1. The second-order valence-corrected chi connectivity index (χ2v) is 6.88. The predicted octanol–water partition coefficient (Wildman–Crippen LogP) is 1.80. The molecule has 2 amide bonds. The summed E-state index contributed by atoms with van der Waals surface area (Å²) in [6, 6.07) is 6.38. The van der Waals surface area contributed by atoms with E-state index >= 15 is 0 Å². The number of benzene rings is 1. The Bertz CT molecular complexity index is 1050. The highest BCUT2D eigenvalue weighted by atomic mass is 19.4. The van der Waals surface area contributed by atoms with Crippen LogP contribution < -0.4 is 11.1 Å². The number of aromatic nitrogens is 2. The van der Waals surface area contributed by atoms with Crippen molar-refractivity contribution in [3.63, 3.8) is 0 Å². The third-order valence-electron chi connectivity index (χ3n) is 4.28. The SMILES string of the molecule is CC(=O)N(C)CCC(O)C#Cc1cccc(-c2nc(C(N)=O)ncc2NCC(F)(F)F)c1. The molecule has 0 spiro atoms. The van der Waals surface area contributed by atoms with E-state index in [9.17, 15) is 27.9 Å². The first-order valence-corrected chi connectivity index (χ1v) is 9.45. The van der Waals surface area contributed by atoms with Gasteiger partial charge in [0.2, 0.25) is 11.7 Å². The minimum atomic E-state index is -4.47. The van der Waals surface area contributed by atoms with Crippen molar-refractivity contribution in [1.29, 1.82) is 0 Å². The number of aliphatic hydroxyl groups is 1. The average Bonchev–Trinajstić information content (AvgIpc) is 2.73. The van der Waals surface area contributed by atoms with Crippen molar-refractivity contribution in [1.82, 2.24) is 14.9 Å². The molecule has 0 radical (unpaired) electrons. The van der Waals surface area contributed by atoms with Crippen molar-refractivity contribution in [2.75, 3.05) is 25.5 Å². The molecule has 170 valence electrons. The molecule has 4 N–H and O–H groups in total. The number of rotatable bonds is 7. The van der Waals surface area contributed by atoms with Crippen LogP contribution in [0.2, 0.25) is 0 Å². The highest BCUT2D eigenvalue weighted by Crippen LogP contribution is 2.27. The summed E-state index contributed by atoms with van der Waals surface area (Å²) < 4.78 is 37.9. The van der Waals surface area contributed by atoms with Crippen LogP contribution in [0.3, 0.4) is 0 Å². The Kier molecular flexibility index (Phi) is 8.15. The molecule has 8 nitrogen and oxygen atoms in total. The van der Waals surface area contributed by atoms with Crippen LogP contribution in [0, 0.1) is 11.8 Å². The quantitative estimate of drug-likeness (QED) is 0.555. The topological polar surface area (TPSA) is 121 Å². The van der Waals surface area contributed by atoms with Crippen molar-refractivity contribution in [3.05, 3.63) is 41.9 Å². The largest absolute Gasteiger partial charge is 0.405 e. The Morgan fingerprint density at radius 1 is 1.34 bits per heavy atom. The summed E-state index contributed by atoms with van der Waals surface area (Å²) >= 11 is 0. The fourth-order valence-corrected chi connectivity index (χ4v) is 2.50. The van der Waals surface area contributed by atoms with Gasteiger partial charge in [-0.25, -0.2) is 9.97 Å². The Morgan fingerprint density at radius 2 is 2.06 bits per heavy atom. The van der Waals surface area contributed by atoms with Crippen LogP contribution in [0.1, 0.15) is 29.5 Å². The van der Waals surface area contributed by atoms with E-state index in [1.165, 1.54) is 11.8 Å². The molecule has 32 heavy (non-hydrogen) atoms. The molecule has 1 unspecified atom stereocenters. The number of hydrogen-bond acceptors (Lipinski definition) is 6. The van der Waals surface area contributed by atoms with Crippen LogP contribution in [0.5, 0.6) is 0 Å². The highest BCUT2D eigenvalue weighted by Gasteiger charge is 2.27. The standard InChI is InChI=1S/C21H22F3N5O3/c1-13(30)29(2)9-8-16(31)7-6-14-4-3-5-15(10-14)18-17(27-12-21(22,23)24)11-26-20(28-18)19(25)32/h3-5,10-11,16,27,31H,8-9,12H2,1-2H3,(H2,25,32). The van der Waals surface area contributed by atoms with E-state index in [4.69, 9.17) is 5.73 Å². The van der Waals surface area contributed by atoms with E-state index in [1.807, 2.05) is 0 Å². The first kappa shape index (κ1) is 24.6. The summed E-state index contributed by atoms with van der Waals surface area (Å²) in [5.74, 6) is 4.03. The molecule has 0 bridgehead atoms. The maximum absolute atomic E-state index is 12.6. The Balaban J connectivity index is 2.29. The van der Waals surface area contributed by atoms with Crippen molar-refractivity contribution in [3.8, 4) is 23.1 Å². The molecule has 0 fully saturated rings. The fraction of sp³-hybridized carbons (Fsp3) is 0.333. The lowest BCUT2D eigenvalue weighted by atomic mass is 10.1. The number of nitrogens with two attached hydrogens (primary N) is 1. The Labute approximate surface area is 182 Å². The van der Waals surface area contributed by atoms with E-state index in [1.54, 1.807) is 31.3 Å². The van der Waals surface area contributed by atoms with Crippen molar-refractivity contribution in [2.24, 2.45) is 5.73 Å². The molecule has 0 aliphatic heterocycles. The summed E-state index contributed by atoms with van der Waals surface area (Å²) in [4.78, 5) is 31.8. The van der Waals surface area contributed by atoms with Gasteiger partial charge in [0.25, 0.3) is 5.91 Å². The molecular formula is C21H22F3N5O3. The molecule has 11 heteroatoms. The van der Waals surface area contributed by atoms with Crippen molar-refractivity contribution in [2.45, 2.75) is 25.6 Å². The molecule has 0 saturated carbocycles. The summed E-state index contributed by atoms with van der Waals surface area (Å²) in [5.41, 5.74) is 6.04. The summed E-state index contributed by atoms with van der Waals surface area (Å²) in [5, 5.41) is 12.2. The zero-order valence-electron chi connectivity index (χ0n) is 17.4. The van der Waals surface area contributed by atoms with Gasteiger partial charge in [-0.2, -0.15) is 13.2 Å². The fourth-order valence-electron chi connectivity index (χ4n) is 2.50. The molecule has 0 saturated heterocycles. The Hall–Kier alpha value is -3.65. The van der Waals surface area contributed by atoms with Gasteiger partial charge in [0.1, 0.15) is 12.6 Å². The number of carbonyl (C=O) groups is 2. The maximum Gasteiger partial charge on any atom is 0.405 e. The number of halogens is 3. The van der Waals surface area contributed by atoms with Gasteiger partial charge in [0, 0.05) is 38.1 Å². The van der Waals surface area contributed by atoms with Gasteiger partial charge in [-0.1, -0.05) is 24.0 Å². The van der Waals surface area contributed by atoms with Gasteiger partial charge in [-0.15, -0.1) is 0 Å². The van der Waals surface area contributed by atoms with E-state index in [2.05, 4.69) is 27.1 Å². The monoisotopic (exact) mass is 449 g/mol. The number of nitrogens with one attached hydrogen (secondary N) is 1. The number of amides is 2. The number of nitrogens with zero attached hydrogens (tertiary/aromatic N) is 3. The van der Waals surface area contributed by atoms with Crippen LogP contribution in [0.15, 0.2) is 30.5 Å². The second kappa shape index (κ2) is 10.6. The number of alkyl halides is 3. The number of anilines is 1. The third-order valence-corrected chi connectivity index (χ3v) is 4.28. The van der Waals surface area contributed by atoms with Gasteiger partial charge in [-0.3, -0.25) is 9.59 Å². The summed E-state index contributed by atoms with van der Waals surface area (Å²) in [6.45, 7) is 0.425. The minimum Gasteiger partial charge on any atom is -0.380 e. The number of primary amides is 1. The lowest BCUT2D eigenvalue weighted by molar-refractivity contribution is -0.127. The highest BCUT2D eigenvalue weighted by molar-refractivity contribution is 5.90. The second-order valence-electron chi connectivity index (χ2n) is 6.88. The minimum absolute atomic E-state index is 0.0373. The molecule has 1 aromatic carbocycles. The molecule has 0 aliphatic carbocycles. The van der Waals surface area contributed by atoms with Gasteiger partial charge in [0.15, 0.2) is 0 Å². The predicted molar refractivity (Wildman–Crippen MR) is 111 cm³/mol. The van der Waals surface area contributed by atoms with Crippen molar-refractivity contribution < 1.29 is 27.9 Å². The normalized spacial score (nSPS) is 11.8. The lowest BCUT2D eigenvalue weighted by Crippen LogP contribution is -2.27.